The van der Waals surface area contributed by atoms with Crippen LogP contribution in [0, 0.1) is 35.5 Å². The number of carbonyl (C=O) groups is 1. The molecule has 4 fully saturated rings. The van der Waals surface area contributed by atoms with Crippen molar-refractivity contribution in [2.75, 3.05) is 0 Å². The maximum absolute atomic E-state index is 11.3. The van der Waals surface area contributed by atoms with Gasteiger partial charge in [0.25, 0.3) is 0 Å². The van der Waals surface area contributed by atoms with Gasteiger partial charge in [0.2, 0.25) is 0 Å². The van der Waals surface area contributed by atoms with Crippen LogP contribution in [0.4, 0.5) is 0 Å². The zero-order valence-corrected chi connectivity index (χ0v) is 17.1. The summed E-state index contributed by atoms with van der Waals surface area (Å²) in [5.41, 5.74) is 0. The van der Waals surface area contributed by atoms with E-state index < -0.39 is 23.3 Å². The van der Waals surface area contributed by atoms with Gasteiger partial charge in [-0.3, -0.25) is 0 Å². The number of halogens is 1. The molecular weight excluding hydrogens is 436 g/mol. The first kappa shape index (κ1) is 12.4. The van der Waals surface area contributed by atoms with Crippen LogP contribution in [0.2, 0.25) is 3.43 Å². The van der Waals surface area contributed by atoms with Crippen LogP contribution >= 0.6 is 8.25 Å². The van der Waals surface area contributed by atoms with Crippen molar-refractivity contribution in [2.24, 2.45) is 35.5 Å². The topological polar surface area (TPSA) is 26.3 Å². The Morgan fingerprint density at radius 3 is 2.44 bits per heavy atom. The van der Waals surface area contributed by atoms with Crippen LogP contribution in [0.1, 0.15) is 32.6 Å². The SMILES string of the molecule is CC(=O)OC1C2CC([CH]1[Hg][Cl])C1C3CCC(C3)C21. The Kier molecular flexibility index (Phi) is 3.00. The standard InChI is InChI=1S/C14H19O2.ClH.Hg/c1-7(15)16-12-6-10-5-11(12)14-9-3-2-8(4-9)13(10)14;;/h6,8-14H,2-5H2,1H3;1H;/q;;+1/p-1. The fourth-order valence-corrected chi connectivity index (χ4v) is 15.0. The van der Waals surface area contributed by atoms with Crippen molar-refractivity contribution < 1.29 is 32.9 Å². The summed E-state index contributed by atoms with van der Waals surface area (Å²) >= 11 is -1.33. The first-order valence-corrected chi connectivity index (χ1v) is 17.4. The number of esters is 1. The van der Waals surface area contributed by atoms with Gasteiger partial charge in [-0.15, -0.1) is 0 Å². The van der Waals surface area contributed by atoms with Gasteiger partial charge in [0.15, 0.2) is 0 Å². The molecule has 4 aliphatic rings. The minimum absolute atomic E-state index is 0.0872. The maximum atomic E-state index is 11.3. The van der Waals surface area contributed by atoms with E-state index in [0.717, 1.165) is 29.6 Å². The van der Waals surface area contributed by atoms with E-state index in [1.165, 1.54) is 25.7 Å². The molecule has 0 amide bonds. The predicted molar refractivity (Wildman–Crippen MR) is 64.6 cm³/mol. The summed E-state index contributed by atoms with van der Waals surface area (Å²) in [7, 11) is 6.40. The van der Waals surface area contributed by atoms with Crippen LogP contribution in [-0.4, -0.2) is 12.1 Å². The molecule has 2 nitrogen and oxygen atoms in total. The Bertz CT molecular complexity index is 388. The Morgan fingerprint density at radius 1 is 1.17 bits per heavy atom. The molecule has 18 heavy (non-hydrogen) atoms. The minimum atomic E-state index is -1.33. The van der Waals surface area contributed by atoms with Crippen molar-refractivity contribution in [2.45, 2.75) is 42.1 Å². The average Bonchev–Trinajstić information content (AvgIpc) is 3.05. The molecule has 4 rings (SSSR count). The van der Waals surface area contributed by atoms with Crippen molar-refractivity contribution in [3.63, 3.8) is 0 Å². The molecule has 0 aliphatic heterocycles. The monoisotopic (exact) mass is 456 g/mol. The van der Waals surface area contributed by atoms with E-state index in [4.69, 9.17) is 13.0 Å². The molecule has 0 aromatic carbocycles. The summed E-state index contributed by atoms with van der Waals surface area (Å²) in [4.78, 5) is 11.3. The molecular formula is C14H19ClHgO2. The van der Waals surface area contributed by atoms with Gasteiger partial charge in [0.05, 0.1) is 0 Å². The quantitative estimate of drug-likeness (QED) is 0.363. The predicted octanol–water partition coefficient (Wildman–Crippen LogP) is 3.25. The molecule has 4 saturated carbocycles. The summed E-state index contributed by atoms with van der Waals surface area (Å²) in [6.07, 6.45) is 5.95. The van der Waals surface area contributed by atoms with Gasteiger partial charge in [0.1, 0.15) is 0 Å². The molecule has 0 spiro atoms. The summed E-state index contributed by atoms with van der Waals surface area (Å²) in [5.74, 6) is 5.28. The van der Waals surface area contributed by atoms with Gasteiger partial charge in [0, 0.05) is 0 Å². The fourth-order valence-electron chi connectivity index (χ4n) is 6.22. The second kappa shape index (κ2) is 4.34. The molecule has 8 unspecified atom stereocenters. The normalized spacial score (nSPS) is 55.4. The van der Waals surface area contributed by atoms with Gasteiger partial charge >= 0.3 is 125 Å². The van der Waals surface area contributed by atoms with Crippen molar-refractivity contribution in [1.82, 2.24) is 0 Å². The fraction of sp³-hybridized carbons (Fsp3) is 0.929. The number of hydrogen-bond acceptors (Lipinski definition) is 2. The molecule has 4 aliphatic carbocycles. The van der Waals surface area contributed by atoms with E-state index in [-0.39, 0.29) is 12.1 Å². The second-order valence-electron chi connectivity index (χ2n) is 6.94. The van der Waals surface area contributed by atoms with Crippen molar-refractivity contribution >= 4 is 14.2 Å². The molecule has 0 heterocycles. The van der Waals surface area contributed by atoms with Crippen molar-refractivity contribution in [3.8, 4) is 0 Å². The van der Waals surface area contributed by atoms with Crippen LogP contribution in [0.25, 0.3) is 0 Å². The van der Waals surface area contributed by atoms with E-state index in [1.54, 1.807) is 6.92 Å². The van der Waals surface area contributed by atoms with E-state index in [0.29, 0.717) is 9.34 Å². The van der Waals surface area contributed by atoms with Gasteiger partial charge in [-0.1, -0.05) is 0 Å². The van der Waals surface area contributed by atoms with Gasteiger partial charge in [-0.25, -0.2) is 0 Å². The van der Waals surface area contributed by atoms with Gasteiger partial charge < -0.3 is 0 Å². The van der Waals surface area contributed by atoms with E-state index in [1.807, 2.05) is 0 Å². The van der Waals surface area contributed by atoms with Gasteiger partial charge in [-0.05, 0) is 0 Å². The third-order valence-corrected chi connectivity index (χ3v) is 15.1. The first-order valence-electron chi connectivity index (χ1n) is 7.44. The molecule has 0 aromatic heterocycles. The summed E-state index contributed by atoms with van der Waals surface area (Å²) in [6.45, 7) is 1.56. The number of ether oxygens (including phenoxy) is 1. The number of fused-ring (bicyclic) bond motifs is 9. The average molecular weight is 455 g/mol. The van der Waals surface area contributed by atoms with E-state index >= 15 is 0 Å². The number of hydrogen-bond donors (Lipinski definition) is 0. The summed E-state index contributed by atoms with van der Waals surface area (Å²) in [5, 5.41) is 0. The third-order valence-electron chi connectivity index (χ3n) is 6.45. The van der Waals surface area contributed by atoms with Crippen LogP contribution < -0.4 is 0 Å². The van der Waals surface area contributed by atoms with Crippen LogP contribution in [0.5, 0.6) is 0 Å². The zero-order valence-electron chi connectivity index (χ0n) is 10.8. The molecule has 0 aromatic rings. The zero-order chi connectivity index (χ0) is 12.4. The number of rotatable bonds is 2. The molecule has 0 radical (unpaired) electrons. The van der Waals surface area contributed by atoms with Crippen LogP contribution in [0.15, 0.2) is 0 Å². The van der Waals surface area contributed by atoms with E-state index in [2.05, 4.69) is 0 Å². The molecule has 4 bridgehead atoms. The van der Waals surface area contributed by atoms with Crippen molar-refractivity contribution in [1.29, 1.82) is 0 Å². The molecule has 96 valence electrons. The van der Waals surface area contributed by atoms with Gasteiger partial charge in [-0.2, -0.15) is 0 Å². The Balaban J connectivity index is 1.64. The Hall–Kier alpha value is 0.695. The van der Waals surface area contributed by atoms with Crippen molar-refractivity contribution in [3.05, 3.63) is 0 Å². The number of carbonyl (C=O) groups excluding carboxylic acids is 1. The van der Waals surface area contributed by atoms with E-state index in [9.17, 15) is 4.79 Å². The molecule has 8 atom stereocenters. The Labute approximate surface area is 124 Å². The van der Waals surface area contributed by atoms with Crippen LogP contribution in [-0.2, 0) is 32.9 Å². The molecule has 4 heteroatoms. The summed E-state index contributed by atoms with van der Waals surface area (Å²) in [6, 6.07) is 0. The van der Waals surface area contributed by atoms with Crippen LogP contribution in [0.3, 0.4) is 0 Å². The first-order chi connectivity index (χ1) is 8.70. The second-order valence-corrected chi connectivity index (χ2v) is 14.5. The summed E-state index contributed by atoms with van der Waals surface area (Å²) < 4.78 is 6.35. The third kappa shape index (κ3) is 1.54. The molecule has 0 N–H and O–H groups in total. The molecule has 0 saturated heterocycles. The Morgan fingerprint density at radius 2 is 1.83 bits per heavy atom.